The summed E-state index contributed by atoms with van der Waals surface area (Å²) >= 11 is 1.68. The molecule has 0 saturated heterocycles. The number of likely N-dealkylation sites (N-methyl/N-ethyl adjacent to an activating group) is 1. The van der Waals surface area contributed by atoms with Crippen LogP contribution in [0.3, 0.4) is 0 Å². The van der Waals surface area contributed by atoms with Crippen LogP contribution in [0.25, 0.3) is 0 Å². The molecule has 27 heavy (non-hydrogen) atoms. The Bertz CT molecular complexity index is 684. The van der Waals surface area contributed by atoms with E-state index in [2.05, 4.69) is 5.32 Å². The van der Waals surface area contributed by atoms with Crippen molar-refractivity contribution in [2.75, 3.05) is 23.8 Å². The molecule has 0 bridgehead atoms. The number of amides is 1. The molecule has 3 rings (SSSR count). The van der Waals surface area contributed by atoms with E-state index < -0.39 is 0 Å². The molecule has 0 radical (unpaired) electrons. The zero-order chi connectivity index (χ0) is 18.9. The van der Waals surface area contributed by atoms with Gasteiger partial charge in [-0.1, -0.05) is 56.7 Å². The van der Waals surface area contributed by atoms with Crippen LogP contribution in [0.4, 0.5) is 10.8 Å². The summed E-state index contributed by atoms with van der Waals surface area (Å²) in [5, 5.41) is 3.79. The Kier molecular flexibility index (Phi) is 7.69. The molecule has 0 fully saturated rings. The van der Waals surface area contributed by atoms with Crippen molar-refractivity contribution in [3.05, 3.63) is 40.9 Å². The molecule has 1 aliphatic rings. The molecule has 0 unspecified atom stereocenters. The van der Waals surface area contributed by atoms with Gasteiger partial charge in [-0.2, -0.15) is 0 Å². The number of fused-ring (bicyclic) bond motifs is 1. The quantitative estimate of drug-likeness (QED) is 0.762. The van der Waals surface area contributed by atoms with Gasteiger partial charge in [-0.25, -0.2) is 4.98 Å². The minimum Gasteiger partial charge on any atom is -0.365 e. The Balaban J connectivity index is 1.59. The van der Waals surface area contributed by atoms with Crippen molar-refractivity contribution in [2.24, 2.45) is 0 Å². The lowest BCUT2D eigenvalue weighted by Gasteiger charge is -2.18. The Hall–Kier alpha value is -1.88. The second kappa shape index (κ2) is 10.5. The maximum absolute atomic E-state index is 12.5. The summed E-state index contributed by atoms with van der Waals surface area (Å²) in [6, 6.07) is 9.98. The van der Waals surface area contributed by atoms with E-state index in [1.165, 1.54) is 61.9 Å². The molecular formula is C22H31N3OS. The normalized spacial score (nSPS) is 15.9. The van der Waals surface area contributed by atoms with Gasteiger partial charge in [-0.05, 0) is 37.8 Å². The van der Waals surface area contributed by atoms with E-state index in [0.29, 0.717) is 6.54 Å². The van der Waals surface area contributed by atoms with Gasteiger partial charge in [0.15, 0.2) is 5.13 Å². The minimum atomic E-state index is -0.00822. The highest BCUT2D eigenvalue weighted by atomic mass is 32.1. The molecular weight excluding hydrogens is 354 g/mol. The Morgan fingerprint density at radius 2 is 1.63 bits per heavy atom. The number of nitrogens with zero attached hydrogens (tertiary/aromatic N) is 2. The molecule has 0 aliphatic heterocycles. The van der Waals surface area contributed by atoms with Gasteiger partial charge in [0.25, 0.3) is 0 Å². The van der Waals surface area contributed by atoms with Crippen LogP contribution in [-0.4, -0.2) is 24.5 Å². The lowest BCUT2D eigenvalue weighted by Crippen LogP contribution is -2.29. The highest BCUT2D eigenvalue weighted by Gasteiger charge is 2.14. The number of carbonyl (C=O) groups excluding carboxylic acids is 1. The molecule has 0 atom stereocenters. The number of benzene rings is 1. The maximum Gasteiger partial charge on any atom is 0.245 e. The van der Waals surface area contributed by atoms with Crippen molar-refractivity contribution in [1.82, 2.24) is 4.98 Å². The summed E-state index contributed by atoms with van der Waals surface area (Å²) in [5.41, 5.74) is 2.26. The highest BCUT2D eigenvalue weighted by Crippen LogP contribution is 2.27. The lowest BCUT2D eigenvalue weighted by atomic mass is 10.0. The van der Waals surface area contributed by atoms with Gasteiger partial charge < -0.3 is 10.2 Å². The summed E-state index contributed by atoms with van der Waals surface area (Å²) in [6.07, 6.45) is 12.6. The molecule has 146 valence electrons. The fourth-order valence-corrected chi connectivity index (χ4v) is 4.68. The molecule has 1 aromatic heterocycles. The fourth-order valence-electron chi connectivity index (χ4n) is 3.61. The number of aryl methyl sites for hydroxylation is 2. The lowest BCUT2D eigenvalue weighted by molar-refractivity contribution is -0.114. The van der Waals surface area contributed by atoms with Gasteiger partial charge in [-0.3, -0.25) is 4.79 Å². The van der Waals surface area contributed by atoms with E-state index in [1.807, 2.05) is 42.3 Å². The fraction of sp³-hybridized carbons (Fsp3) is 0.545. The zero-order valence-corrected chi connectivity index (χ0v) is 17.2. The number of anilines is 2. The van der Waals surface area contributed by atoms with Crippen molar-refractivity contribution in [2.45, 2.75) is 64.2 Å². The molecule has 1 aromatic carbocycles. The van der Waals surface area contributed by atoms with Crippen molar-refractivity contribution in [1.29, 1.82) is 0 Å². The number of hydrogen-bond acceptors (Lipinski definition) is 4. The highest BCUT2D eigenvalue weighted by molar-refractivity contribution is 7.15. The van der Waals surface area contributed by atoms with E-state index in [0.717, 1.165) is 23.7 Å². The number of para-hydroxylation sites is 1. The Morgan fingerprint density at radius 1 is 1.00 bits per heavy atom. The van der Waals surface area contributed by atoms with Crippen LogP contribution in [0.2, 0.25) is 0 Å². The van der Waals surface area contributed by atoms with E-state index in [1.54, 1.807) is 11.3 Å². The number of aromatic nitrogens is 1. The SMILES string of the molecule is CN(CC(=O)Nc1nc2c(s1)CCCCCCCCCC2)c1ccccc1. The number of thiazole rings is 1. The van der Waals surface area contributed by atoms with Crippen LogP contribution < -0.4 is 10.2 Å². The van der Waals surface area contributed by atoms with Gasteiger partial charge in [-0.15, -0.1) is 11.3 Å². The van der Waals surface area contributed by atoms with Crippen molar-refractivity contribution in [3.63, 3.8) is 0 Å². The zero-order valence-electron chi connectivity index (χ0n) is 16.4. The van der Waals surface area contributed by atoms with Gasteiger partial charge in [0.2, 0.25) is 5.91 Å². The summed E-state index contributed by atoms with van der Waals surface area (Å²) in [5.74, 6) is -0.00822. The third kappa shape index (κ3) is 6.35. The van der Waals surface area contributed by atoms with Gasteiger partial charge >= 0.3 is 0 Å². The first-order chi connectivity index (χ1) is 13.2. The van der Waals surface area contributed by atoms with E-state index in [9.17, 15) is 4.79 Å². The van der Waals surface area contributed by atoms with Crippen molar-refractivity contribution < 1.29 is 4.79 Å². The number of nitrogens with one attached hydrogen (secondary N) is 1. The standard InChI is InChI=1S/C22H31N3OS/c1-25(18-13-9-8-10-14-18)17-21(26)24-22-23-19-15-11-6-4-2-3-5-7-12-16-20(19)27-22/h8-10,13-14H,2-7,11-12,15-17H2,1H3,(H,23,24,26). The van der Waals surface area contributed by atoms with Crippen molar-refractivity contribution >= 4 is 28.1 Å². The van der Waals surface area contributed by atoms with Crippen LogP contribution in [0.5, 0.6) is 0 Å². The molecule has 0 saturated carbocycles. The first kappa shape index (κ1) is 19.9. The van der Waals surface area contributed by atoms with E-state index in [-0.39, 0.29) is 5.91 Å². The summed E-state index contributed by atoms with van der Waals surface area (Å²) in [7, 11) is 1.94. The average molecular weight is 386 g/mol. The number of hydrogen-bond donors (Lipinski definition) is 1. The first-order valence-electron chi connectivity index (χ1n) is 10.3. The predicted octanol–water partition coefficient (Wildman–Crippen LogP) is 5.44. The second-order valence-corrected chi connectivity index (χ2v) is 8.54. The predicted molar refractivity (Wildman–Crippen MR) is 115 cm³/mol. The molecule has 1 N–H and O–H groups in total. The average Bonchev–Trinajstić information content (AvgIpc) is 3.03. The molecule has 1 aliphatic carbocycles. The third-order valence-corrected chi connectivity index (χ3v) is 6.24. The molecule has 0 spiro atoms. The number of rotatable bonds is 4. The first-order valence-corrected chi connectivity index (χ1v) is 11.1. The minimum absolute atomic E-state index is 0.00822. The monoisotopic (exact) mass is 385 g/mol. The summed E-state index contributed by atoms with van der Waals surface area (Å²) in [4.78, 5) is 20.6. The van der Waals surface area contributed by atoms with Gasteiger partial charge in [0, 0.05) is 17.6 Å². The maximum atomic E-state index is 12.5. The topological polar surface area (TPSA) is 45.2 Å². The molecule has 5 heteroatoms. The molecule has 2 aromatic rings. The van der Waals surface area contributed by atoms with E-state index in [4.69, 9.17) is 4.98 Å². The smallest absolute Gasteiger partial charge is 0.245 e. The molecule has 1 amide bonds. The third-order valence-electron chi connectivity index (χ3n) is 5.17. The van der Waals surface area contributed by atoms with Gasteiger partial charge in [0.05, 0.1) is 12.2 Å². The van der Waals surface area contributed by atoms with Gasteiger partial charge in [0.1, 0.15) is 0 Å². The van der Waals surface area contributed by atoms with E-state index >= 15 is 0 Å². The molecule has 4 nitrogen and oxygen atoms in total. The second-order valence-electron chi connectivity index (χ2n) is 7.46. The largest absolute Gasteiger partial charge is 0.365 e. The Morgan fingerprint density at radius 3 is 2.33 bits per heavy atom. The van der Waals surface area contributed by atoms with Crippen LogP contribution in [0.15, 0.2) is 30.3 Å². The molecule has 1 heterocycles. The summed E-state index contributed by atoms with van der Waals surface area (Å²) in [6.45, 7) is 0.328. The number of carbonyl (C=O) groups is 1. The van der Waals surface area contributed by atoms with Crippen LogP contribution in [0, 0.1) is 0 Å². The van der Waals surface area contributed by atoms with Crippen LogP contribution in [0.1, 0.15) is 61.9 Å². The Labute approximate surface area is 167 Å². The van der Waals surface area contributed by atoms with Crippen molar-refractivity contribution in [3.8, 4) is 0 Å². The summed E-state index contributed by atoms with van der Waals surface area (Å²) < 4.78 is 0. The van der Waals surface area contributed by atoms with Crippen LogP contribution in [-0.2, 0) is 17.6 Å². The van der Waals surface area contributed by atoms with Crippen LogP contribution >= 0.6 is 11.3 Å².